The Morgan fingerprint density at radius 3 is 2.55 bits per heavy atom. The van der Waals surface area contributed by atoms with Gasteiger partial charge < -0.3 is 15.1 Å². The van der Waals surface area contributed by atoms with Crippen LogP contribution in [0.3, 0.4) is 0 Å². The zero-order chi connectivity index (χ0) is 15.1. The molecule has 1 aromatic carbocycles. The number of carbonyl (C=O) groups is 1. The van der Waals surface area contributed by atoms with Crippen LogP contribution in [0.1, 0.15) is 19.4 Å². The summed E-state index contributed by atoms with van der Waals surface area (Å²) in [5.41, 5.74) is 1.39. The van der Waals surface area contributed by atoms with Crippen LogP contribution in [0.15, 0.2) is 18.2 Å². The number of carbonyl (C=O) groups excluding carboxylic acids is 1. The van der Waals surface area contributed by atoms with Crippen LogP contribution in [0.4, 0.5) is 10.1 Å². The fraction of sp³-hybridized carbons (Fsp3) is 0.533. The van der Waals surface area contributed by atoms with Crippen LogP contribution in [0, 0.1) is 5.82 Å². The lowest BCUT2D eigenvalue weighted by Crippen LogP contribution is -2.37. The quantitative estimate of drug-likeness (QED) is 0.828. The first-order valence-electron chi connectivity index (χ1n) is 6.94. The summed E-state index contributed by atoms with van der Waals surface area (Å²) < 4.78 is 14.0. The van der Waals surface area contributed by atoms with E-state index in [2.05, 4.69) is 5.32 Å². The molecule has 0 heterocycles. The number of nitrogens with one attached hydrogen (secondary N) is 1. The first kappa shape index (κ1) is 16.4. The fourth-order valence-corrected chi connectivity index (χ4v) is 1.94. The number of amides is 1. The van der Waals surface area contributed by atoms with Crippen molar-refractivity contribution in [2.45, 2.75) is 20.4 Å². The largest absolute Gasteiger partial charge is 0.362 e. The zero-order valence-electron chi connectivity index (χ0n) is 12.7. The van der Waals surface area contributed by atoms with E-state index >= 15 is 0 Å². The average Bonchev–Trinajstić information content (AvgIpc) is 2.43. The molecule has 0 aliphatic heterocycles. The molecule has 1 N–H and O–H groups in total. The summed E-state index contributed by atoms with van der Waals surface area (Å²) in [5, 5.41) is 3.14. The molecular weight excluding hydrogens is 257 g/mol. The Kier molecular flexibility index (Phi) is 6.45. The molecular formula is C15H24FN3O. The van der Waals surface area contributed by atoms with Gasteiger partial charge in [-0.05, 0) is 25.6 Å². The van der Waals surface area contributed by atoms with Gasteiger partial charge in [-0.15, -0.1) is 0 Å². The van der Waals surface area contributed by atoms with Gasteiger partial charge in [-0.1, -0.05) is 13.0 Å². The summed E-state index contributed by atoms with van der Waals surface area (Å²) in [7, 11) is 3.45. The molecule has 1 amide bonds. The lowest BCUT2D eigenvalue weighted by atomic mass is 10.1. The molecule has 20 heavy (non-hydrogen) atoms. The summed E-state index contributed by atoms with van der Waals surface area (Å²) in [5.74, 6) is -0.232. The van der Waals surface area contributed by atoms with Gasteiger partial charge in [0.2, 0.25) is 5.91 Å². The Bertz CT molecular complexity index is 449. The summed E-state index contributed by atoms with van der Waals surface area (Å²) in [6.45, 7) is 6.09. The average molecular weight is 281 g/mol. The van der Waals surface area contributed by atoms with E-state index < -0.39 is 0 Å². The van der Waals surface area contributed by atoms with Crippen LogP contribution in [-0.4, -0.2) is 44.5 Å². The smallest absolute Gasteiger partial charge is 0.241 e. The highest BCUT2D eigenvalue weighted by Gasteiger charge is 2.16. The Labute approximate surface area is 120 Å². The van der Waals surface area contributed by atoms with E-state index in [0.717, 1.165) is 12.2 Å². The summed E-state index contributed by atoms with van der Waals surface area (Å²) in [6.07, 6.45) is 0. The molecule has 0 saturated heterocycles. The van der Waals surface area contributed by atoms with Gasteiger partial charge in [0.05, 0.1) is 6.54 Å². The highest BCUT2D eigenvalue weighted by molar-refractivity contribution is 5.81. The standard InChI is InChI=1S/C15H24FN3O/c1-5-17-10-12-13(16)8-7-9-14(12)19(6-2)11-15(20)18(3)4/h7-9,17H,5-6,10-11H2,1-4H3. The third-order valence-electron chi connectivity index (χ3n) is 3.19. The van der Waals surface area contributed by atoms with Crippen molar-refractivity contribution in [2.24, 2.45) is 0 Å². The van der Waals surface area contributed by atoms with Crippen molar-refractivity contribution in [2.75, 3.05) is 38.6 Å². The van der Waals surface area contributed by atoms with E-state index in [0.29, 0.717) is 18.7 Å². The lowest BCUT2D eigenvalue weighted by molar-refractivity contribution is -0.127. The van der Waals surface area contributed by atoms with Gasteiger partial charge in [0.25, 0.3) is 0 Å². The number of nitrogens with zero attached hydrogens (tertiary/aromatic N) is 2. The highest BCUT2D eigenvalue weighted by atomic mass is 19.1. The Morgan fingerprint density at radius 2 is 2.00 bits per heavy atom. The molecule has 112 valence electrons. The minimum atomic E-state index is -0.237. The van der Waals surface area contributed by atoms with Crippen molar-refractivity contribution in [3.8, 4) is 0 Å². The molecule has 0 spiro atoms. The summed E-state index contributed by atoms with van der Waals surface area (Å²) in [6, 6.07) is 5.00. The van der Waals surface area contributed by atoms with Crippen molar-refractivity contribution < 1.29 is 9.18 Å². The molecule has 0 unspecified atom stereocenters. The topological polar surface area (TPSA) is 35.6 Å². The summed E-state index contributed by atoms with van der Waals surface area (Å²) >= 11 is 0. The molecule has 0 atom stereocenters. The SMILES string of the molecule is CCNCc1c(F)cccc1N(CC)CC(=O)N(C)C. The Hall–Kier alpha value is -1.62. The predicted octanol–water partition coefficient (Wildman–Crippen LogP) is 1.85. The lowest BCUT2D eigenvalue weighted by Gasteiger charge is -2.26. The number of likely N-dealkylation sites (N-methyl/N-ethyl adjacent to an activating group) is 2. The molecule has 5 heteroatoms. The second kappa shape index (κ2) is 7.85. The van der Waals surface area contributed by atoms with Crippen molar-refractivity contribution in [1.82, 2.24) is 10.2 Å². The maximum Gasteiger partial charge on any atom is 0.241 e. The fourth-order valence-electron chi connectivity index (χ4n) is 1.94. The normalized spacial score (nSPS) is 10.4. The molecule has 4 nitrogen and oxygen atoms in total. The van der Waals surface area contributed by atoms with E-state index in [1.165, 1.54) is 6.07 Å². The molecule has 1 rings (SSSR count). The van der Waals surface area contributed by atoms with Crippen LogP contribution >= 0.6 is 0 Å². The van der Waals surface area contributed by atoms with Gasteiger partial charge in [-0.2, -0.15) is 0 Å². The molecule has 0 radical (unpaired) electrons. The molecule has 0 aromatic heterocycles. The number of anilines is 1. The van der Waals surface area contributed by atoms with E-state index in [9.17, 15) is 9.18 Å². The predicted molar refractivity (Wildman–Crippen MR) is 80.4 cm³/mol. The second-order valence-corrected chi connectivity index (χ2v) is 4.82. The van der Waals surface area contributed by atoms with Crippen molar-refractivity contribution >= 4 is 11.6 Å². The van der Waals surface area contributed by atoms with Crippen molar-refractivity contribution in [3.63, 3.8) is 0 Å². The number of benzene rings is 1. The monoisotopic (exact) mass is 281 g/mol. The van der Waals surface area contributed by atoms with E-state index in [1.54, 1.807) is 25.1 Å². The van der Waals surface area contributed by atoms with Gasteiger partial charge in [-0.3, -0.25) is 4.79 Å². The number of hydrogen-bond acceptors (Lipinski definition) is 3. The Morgan fingerprint density at radius 1 is 1.30 bits per heavy atom. The highest BCUT2D eigenvalue weighted by Crippen LogP contribution is 2.23. The van der Waals surface area contributed by atoms with E-state index in [1.807, 2.05) is 24.8 Å². The van der Waals surface area contributed by atoms with Crippen LogP contribution < -0.4 is 10.2 Å². The first-order valence-corrected chi connectivity index (χ1v) is 6.94. The Balaban J connectivity index is 3.01. The van der Waals surface area contributed by atoms with Crippen molar-refractivity contribution in [1.29, 1.82) is 0 Å². The van der Waals surface area contributed by atoms with Gasteiger partial charge >= 0.3 is 0 Å². The van der Waals surface area contributed by atoms with Gasteiger partial charge in [0.1, 0.15) is 5.82 Å². The van der Waals surface area contributed by atoms with Gasteiger partial charge in [0, 0.05) is 38.4 Å². The minimum Gasteiger partial charge on any atom is -0.362 e. The van der Waals surface area contributed by atoms with Crippen molar-refractivity contribution in [3.05, 3.63) is 29.6 Å². The maximum absolute atomic E-state index is 14.0. The third kappa shape index (κ3) is 4.20. The number of halogens is 1. The molecule has 0 bridgehead atoms. The van der Waals surface area contributed by atoms with Crippen LogP contribution in [0.25, 0.3) is 0 Å². The van der Waals surface area contributed by atoms with E-state index in [4.69, 9.17) is 0 Å². The maximum atomic E-state index is 14.0. The molecule has 0 saturated carbocycles. The van der Waals surface area contributed by atoms with Crippen LogP contribution in [-0.2, 0) is 11.3 Å². The van der Waals surface area contributed by atoms with Gasteiger partial charge in [-0.25, -0.2) is 4.39 Å². The van der Waals surface area contributed by atoms with Gasteiger partial charge in [0.15, 0.2) is 0 Å². The summed E-state index contributed by atoms with van der Waals surface area (Å²) in [4.78, 5) is 15.3. The third-order valence-corrected chi connectivity index (χ3v) is 3.19. The molecule has 0 aliphatic carbocycles. The first-order chi connectivity index (χ1) is 9.51. The zero-order valence-corrected chi connectivity index (χ0v) is 12.7. The van der Waals surface area contributed by atoms with E-state index in [-0.39, 0.29) is 18.3 Å². The molecule has 0 fully saturated rings. The molecule has 1 aromatic rings. The minimum absolute atomic E-state index is 0.00510. The number of hydrogen-bond donors (Lipinski definition) is 1. The van der Waals surface area contributed by atoms with Crippen LogP contribution in [0.2, 0.25) is 0 Å². The van der Waals surface area contributed by atoms with Crippen LogP contribution in [0.5, 0.6) is 0 Å². The second-order valence-electron chi connectivity index (χ2n) is 4.82. The number of rotatable bonds is 7. The molecule has 0 aliphatic rings.